The number of anilines is 1. The van der Waals surface area contributed by atoms with Crippen LogP contribution in [0.5, 0.6) is 5.75 Å². The summed E-state index contributed by atoms with van der Waals surface area (Å²) in [6, 6.07) is 11.8. The first-order valence-electron chi connectivity index (χ1n) is 9.55. The van der Waals surface area contributed by atoms with Gasteiger partial charge in [0.2, 0.25) is 0 Å². The molecule has 0 aliphatic carbocycles. The maximum absolute atomic E-state index is 13.0. The lowest BCUT2D eigenvalue weighted by Crippen LogP contribution is -2.42. The quantitative estimate of drug-likeness (QED) is 0.640. The second-order valence-corrected chi connectivity index (χ2v) is 7.04. The molecule has 0 unspecified atom stereocenters. The maximum atomic E-state index is 13.0. The van der Waals surface area contributed by atoms with Crippen LogP contribution in [0.4, 0.5) is 5.69 Å². The largest absolute Gasteiger partial charge is 0.490 e. The molecular weight excluding hydrogens is 326 g/mol. The van der Waals surface area contributed by atoms with Crippen LogP contribution in [0, 0.1) is 0 Å². The van der Waals surface area contributed by atoms with Crippen LogP contribution in [0.2, 0.25) is 0 Å². The topological polar surface area (TPSA) is 47.6 Å². The number of benzene rings is 2. The normalized spacial score (nSPS) is 13.6. The number of carbonyl (C=O) groups is 1. The Morgan fingerprint density at radius 3 is 2.42 bits per heavy atom. The third-order valence-corrected chi connectivity index (χ3v) is 4.45. The summed E-state index contributed by atoms with van der Waals surface area (Å²) in [5, 5.41) is 5.04. The molecule has 0 aliphatic heterocycles. The fourth-order valence-electron chi connectivity index (χ4n) is 3.08. The van der Waals surface area contributed by atoms with Crippen LogP contribution in [0.3, 0.4) is 0 Å². The third kappa shape index (κ3) is 4.76. The number of rotatable bonds is 9. The highest BCUT2D eigenvalue weighted by Gasteiger charge is 2.33. The number of carbonyl (C=O) groups excluding carboxylic acids is 1. The lowest BCUT2D eigenvalue weighted by Gasteiger charge is -2.28. The Balaban J connectivity index is 2.34. The average molecular weight is 357 g/mol. The lowest BCUT2D eigenvalue weighted by atomic mass is 9.97. The lowest BCUT2D eigenvalue weighted by molar-refractivity contribution is -0.139. The molecule has 4 nitrogen and oxygen atoms in total. The van der Waals surface area contributed by atoms with E-state index in [1.165, 1.54) is 0 Å². The molecule has 1 atom stereocenters. The van der Waals surface area contributed by atoms with Crippen LogP contribution in [0.1, 0.15) is 53.9 Å². The van der Waals surface area contributed by atoms with Gasteiger partial charge in [0.05, 0.1) is 6.10 Å². The number of hydrogen-bond donors (Lipinski definition) is 1. The first-order valence-corrected chi connectivity index (χ1v) is 9.55. The maximum Gasteiger partial charge on any atom is 0.256 e. The van der Waals surface area contributed by atoms with Crippen LogP contribution in [-0.4, -0.2) is 24.2 Å². The Morgan fingerprint density at radius 1 is 1.12 bits per heavy atom. The first kappa shape index (κ1) is 20.2. The van der Waals surface area contributed by atoms with Crippen molar-refractivity contribution in [2.75, 3.05) is 11.9 Å². The predicted molar refractivity (Wildman–Crippen MR) is 108 cm³/mol. The number of amides is 1. The Labute approximate surface area is 156 Å². The van der Waals surface area contributed by atoms with Crippen LogP contribution < -0.4 is 10.1 Å². The average Bonchev–Trinajstić information content (AvgIpc) is 2.62. The monoisotopic (exact) mass is 357 g/mol. The number of fused-ring (bicyclic) bond motifs is 1. The molecule has 2 rings (SSSR count). The van der Waals surface area contributed by atoms with Gasteiger partial charge in [0.25, 0.3) is 5.91 Å². The van der Waals surface area contributed by atoms with Crippen molar-refractivity contribution in [3.05, 3.63) is 36.4 Å². The minimum Gasteiger partial charge on any atom is -0.490 e. The number of hydrogen-bond acceptors (Lipinski definition) is 3. The molecule has 2 aromatic carbocycles. The number of unbranched alkanes of at least 4 members (excludes halogenated alkanes) is 1. The van der Waals surface area contributed by atoms with Gasteiger partial charge in [0.15, 0.2) is 0 Å². The van der Waals surface area contributed by atoms with Crippen molar-refractivity contribution < 1.29 is 14.3 Å². The van der Waals surface area contributed by atoms with Gasteiger partial charge in [0, 0.05) is 23.1 Å². The van der Waals surface area contributed by atoms with E-state index in [9.17, 15) is 4.79 Å². The van der Waals surface area contributed by atoms with E-state index in [0.29, 0.717) is 13.0 Å². The molecule has 0 heterocycles. The second-order valence-electron chi connectivity index (χ2n) is 7.04. The summed E-state index contributed by atoms with van der Waals surface area (Å²) < 4.78 is 11.7. The van der Waals surface area contributed by atoms with Crippen molar-refractivity contribution in [1.29, 1.82) is 0 Å². The number of nitrogens with one attached hydrogen (secondary N) is 1. The molecule has 0 aromatic heterocycles. The van der Waals surface area contributed by atoms with E-state index in [0.717, 1.165) is 35.1 Å². The molecule has 1 amide bonds. The molecule has 0 bridgehead atoms. The van der Waals surface area contributed by atoms with E-state index >= 15 is 0 Å². The Hall–Kier alpha value is -2.07. The molecule has 0 saturated heterocycles. The van der Waals surface area contributed by atoms with Gasteiger partial charge in [-0.25, -0.2) is 0 Å². The highest BCUT2D eigenvalue weighted by Crippen LogP contribution is 2.33. The van der Waals surface area contributed by atoms with Gasteiger partial charge < -0.3 is 14.8 Å². The Bertz CT molecular complexity index is 741. The van der Waals surface area contributed by atoms with E-state index in [-0.39, 0.29) is 12.0 Å². The molecule has 142 valence electrons. The molecular formula is C22H31NO3. The third-order valence-electron chi connectivity index (χ3n) is 4.45. The number of ether oxygens (including phenoxy) is 2. The minimum absolute atomic E-state index is 0.0918. The van der Waals surface area contributed by atoms with Crippen LogP contribution in [0.15, 0.2) is 36.4 Å². The Morgan fingerprint density at radius 2 is 1.81 bits per heavy atom. The molecule has 4 heteroatoms. The molecule has 0 spiro atoms. The zero-order valence-corrected chi connectivity index (χ0v) is 16.6. The van der Waals surface area contributed by atoms with Crippen molar-refractivity contribution in [3.8, 4) is 5.75 Å². The SMILES string of the molecule is CCCC[C@@](C)(OCC)C(=O)Nc1ccc(OC(C)C)c2ccccc12. The molecule has 26 heavy (non-hydrogen) atoms. The summed E-state index contributed by atoms with van der Waals surface area (Å²) in [5.74, 6) is 0.725. The van der Waals surface area contributed by atoms with Gasteiger partial charge in [-0.15, -0.1) is 0 Å². The highest BCUT2D eigenvalue weighted by molar-refractivity contribution is 6.06. The van der Waals surface area contributed by atoms with E-state index < -0.39 is 5.60 Å². The molecule has 0 aliphatic rings. The predicted octanol–water partition coefficient (Wildman–Crippen LogP) is 5.55. The molecule has 0 fully saturated rings. The van der Waals surface area contributed by atoms with Gasteiger partial charge >= 0.3 is 0 Å². The van der Waals surface area contributed by atoms with E-state index in [2.05, 4.69) is 12.2 Å². The van der Waals surface area contributed by atoms with Crippen LogP contribution in [0.25, 0.3) is 10.8 Å². The van der Waals surface area contributed by atoms with Gasteiger partial charge in [0.1, 0.15) is 11.4 Å². The molecule has 0 saturated carbocycles. The molecule has 1 N–H and O–H groups in total. The summed E-state index contributed by atoms with van der Waals surface area (Å²) in [4.78, 5) is 13.0. The van der Waals surface area contributed by atoms with Crippen molar-refractivity contribution >= 4 is 22.4 Å². The zero-order valence-electron chi connectivity index (χ0n) is 16.6. The van der Waals surface area contributed by atoms with Crippen molar-refractivity contribution in [3.63, 3.8) is 0 Å². The van der Waals surface area contributed by atoms with Gasteiger partial charge in [-0.3, -0.25) is 4.79 Å². The van der Waals surface area contributed by atoms with Gasteiger partial charge in [-0.05, 0) is 46.2 Å². The summed E-state index contributed by atoms with van der Waals surface area (Å²) >= 11 is 0. The van der Waals surface area contributed by atoms with E-state index in [1.807, 2.05) is 64.1 Å². The fraction of sp³-hybridized carbons (Fsp3) is 0.500. The standard InChI is InChI=1S/C22H31NO3/c1-6-8-15-22(5,25-7-2)21(24)23-19-13-14-20(26-16(3)4)18-12-10-9-11-17(18)19/h9-14,16H,6-8,15H2,1-5H3,(H,23,24)/t22-/m1/s1. The Kier molecular flexibility index (Phi) is 7.04. The fourth-order valence-corrected chi connectivity index (χ4v) is 3.08. The summed E-state index contributed by atoms with van der Waals surface area (Å²) in [7, 11) is 0. The van der Waals surface area contributed by atoms with Crippen molar-refractivity contribution in [2.24, 2.45) is 0 Å². The van der Waals surface area contributed by atoms with Crippen LogP contribution in [-0.2, 0) is 9.53 Å². The summed E-state index contributed by atoms with van der Waals surface area (Å²) in [6.07, 6.45) is 2.77. The molecule has 0 radical (unpaired) electrons. The van der Waals surface area contributed by atoms with Crippen LogP contribution >= 0.6 is 0 Å². The van der Waals surface area contributed by atoms with Crippen molar-refractivity contribution in [1.82, 2.24) is 0 Å². The van der Waals surface area contributed by atoms with Gasteiger partial charge in [-0.2, -0.15) is 0 Å². The summed E-state index contributed by atoms with van der Waals surface area (Å²) in [6.45, 7) is 10.4. The first-order chi connectivity index (χ1) is 12.4. The minimum atomic E-state index is -0.820. The summed E-state index contributed by atoms with van der Waals surface area (Å²) in [5.41, 5.74) is -0.0389. The second kappa shape index (κ2) is 9.04. The molecule has 2 aromatic rings. The van der Waals surface area contributed by atoms with Crippen molar-refractivity contribution in [2.45, 2.75) is 65.6 Å². The highest BCUT2D eigenvalue weighted by atomic mass is 16.5. The van der Waals surface area contributed by atoms with E-state index in [4.69, 9.17) is 9.47 Å². The zero-order chi connectivity index (χ0) is 19.2. The smallest absolute Gasteiger partial charge is 0.256 e. The van der Waals surface area contributed by atoms with E-state index in [1.54, 1.807) is 0 Å². The van der Waals surface area contributed by atoms with Gasteiger partial charge in [-0.1, -0.05) is 44.0 Å².